The van der Waals surface area contributed by atoms with Gasteiger partial charge in [0, 0.05) is 5.56 Å². The Bertz CT molecular complexity index is 1220. The summed E-state index contributed by atoms with van der Waals surface area (Å²) in [4.78, 5) is 31.1. The first-order valence-corrected chi connectivity index (χ1v) is 10.3. The summed E-state index contributed by atoms with van der Waals surface area (Å²) in [5.74, 6) is -0.159. The molecule has 10 nitrogen and oxygen atoms in total. The first-order chi connectivity index (χ1) is 15.9. The number of carbonyl (C=O) groups excluding carboxylic acids is 2. The normalized spacial score (nSPS) is 19.6. The summed E-state index contributed by atoms with van der Waals surface area (Å²) < 4.78 is 24.2. The fraction of sp³-hybridized carbons (Fsp3) is 0.273. The molecule has 2 aromatic carbocycles. The highest BCUT2D eigenvalue weighted by Crippen LogP contribution is 2.33. The zero-order valence-corrected chi connectivity index (χ0v) is 17.8. The van der Waals surface area contributed by atoms with E-state index < -0.39 is 29.7 Å². The van der Waals surface area contributed by atoms with Crippen LogP contribution in [0.1, 0.15) is 19.7 Å². The van der Waals surface area contributed by atoms with Crippen molar-refractivity contribution in [3.8, 4) is 17.1 Å². The quantitative estimate of drug-likeness (QED) is 0.530. The Kier molecular flexibility index (Phi) is 5.08. The minimum absolute atomic E-state index is 0.00247. The number of benzene rings is 2. The molecule has 0 aliphatic carbocycles. The highest BCUT2D eigenvalue weighted by Gasteiger charge is 2.55. The number of nitrogens with zero attached hydrogens (tertiary/aromatic N) is 6. The van der Waals surface area contributed by atoms with Gasteiger partial charge >= 0.3 is 0 Å². The number of imide groups is 1. The van der Waals surface area contributed by atoms with Crippen molar-refractivity contribution in [2.24, 2.45) is 10.3 Å². The number of fused-ring (bicyclic) bond motifs is 1. The van der Waals surface area contributed by atoms with Crippen molar-refractivity contribution >= 4 is 17.5 Å². The summed E-state index contributed by atoms with van der Waals surface area (Å²) in [5.41, 5.74) is 1.01. The lowest BCUT2D eigenvalue weighted by molar-refractivity contribution is -0.123. The molecule has 33 heavy (non-hydrogen) atoms. The number of hydrogen-bond donors (Lipinski definition) is 0. The number of rotatable bonds is 6. The fourth-order valence-corrected chi connectivity index (χ4v) is 3.73. The van der Waals surface area contributed by atoms with Gasteiger partial charge in [-0.05, 0) is 62.4 Å². The Balaban J connectivity index is 1.31. The van der Waals surface area contributed by atoms with Crippen LogP contribution in [0.2, 0.25) is 0 Å². The topological polar surface area (TPSA) is 113 Å². The first-order valence-electron chi connectivity index (χ1n) is 10.3. The van der Waals surface area contributed by atoms with E-state index >= 15 is 0 Å². The Labute approximate surface area is 187 Å². The van der Waals surface area contributed by atoms with Crippen molar-refractivity contribution < 1.29 is 23.2 Å². The van der Waals surface area contributed by atoms with Gasteiger partial charge in [0.05, 0.1) is 11.8 Å². The van der Waals surface area contributed by atoms with E-state index in [0.29, 0.717) is 5.82 Å². The summed E-state index contributed by atoms with van der Waals surface area (Å²) in [6, 6.07) is 10.5. The number of ether oxygens (including phenoxy) is 1. The summed E-state index contributed by atoms with van der Waals surface area (Å²) in [7, 11) is 0. The molecule has 0 spiro atoms. The van der Waals surface area contributed by atoms with Crippen LogP contribution in [0, 0.1) is 5.82 Å². The lowest BCUT2D eigenvalue weighted by Gasteiger charge is -2.19. The molecule has 2 aliphatic rings. The number of carbonyl (C=O) groups is 2. The maximum absolute atomic E-state index is 13.2. The van der Waals surface area contributed by atoms with E-state index in [9.17, 15) is 14.0 Å². The Morgan fingerprint density at radius 1 is 1.06 bits per heavy atom. The molecular formula is C22H19FN6O4. The third-order valence-electron chi connectivity index (χ3n) is 5.19. The predicted molar refractivity (Wildman–Crippen MR) is 112 cm³/mol. The second kappa shape index (κ2) is 8.08. The van der Waals surface area contributed by atoms with E-state index in [1.807, 2.05) is 38.1 Å². The van der Waals surface area contributed by atoms with Gasteiger partial charge in [-0.15, -0.1) is 0 Å². The SMILES string of the molecule is CC(C)Oc1ccc(-c2noc(CN3N=N[C@H]4C(=O)N(c5ccc(F)cc5)C(=O)[C@@H]43)n2)cc1. The molecule has 0 saturated carbocycles. The van der Waals surface area contributed by atoms with Crippen molar-refractivity contribution in [3.05, 3.63) is 60.2 Å². The molecule has 0 bridgehead atoms. The lowest BCUT2D eigenvalue weighted by atomic mass is 10.1. The number of amides is 2. The number of anilines is 1. The summed E-state index contributed by atoms with van der Waals surface area (Å²) in [6.07, 6.45) is 0.0650. The number of halogens is 1. The van der Waals surface area contributed by atoms with Gasteiger partial charge in [0.1, 0.15) is 18.1 Å². The van der Waals surface area contributed by atoms with Gasteiger partial charge in [0.25, 0.3) is 11.8 Å². The molecule has 2 amide bonds. The highest BCUT2D eigenvalue weighted by atomic mass is 19.1. The Morgan fingerprint density at radius 3 is 2.48 bits per heavy atom. The summed E-state index contributed by atoms with van der Waals surface area (Å²) >= 11 is 0. The van der Waals surface area contributed by atoms with Crippen LogP contribution in [0.25, 0.3) is 11.4 Å². The van der Waals surface area contributed by atoms with Crippen molar-refractivity contribution in [2.45, 2.75) is 38.6 Å². The average Bonchev–Trinajstić information content (AvgIpc) is 3.48. The summed E-state index contributed by atoms with van der Waals surface area (Å²) in [5, 5.41) is 13.3. The Morgan fingerprint density at radius 2 is 1.79 bits per heavy atom. The number of hydrogen-bond acceptors (Lipinski definition) is 9. The van der Waals surface area contributed by atoms with Crippen LogP contribution in [0.15, 0.2) is 63.4 Å². The molecule has 2 atom stereocenters. The molecule has 168 valence electrons. The molecule has 3 heterocycles. The molecule has 0 unspecified atom stereocenters. The van der Waals surface area contributed by atoms with Crippen LogP contribution in [0.3, 0.4) is 0 Å². The third-order valence-corrected chi connectivity index (χ3v) is 5.19. The minimum atomic E-state index is -0.974. The monoisotopic (exact) mass is 450 g/mol. The second-order valence-corrected chi connectivity index (χ2v) is 7.88. The van der Waals surface area contributed by atoms with Crippen molar-refractivity contribution in [2.75, 3.05) is 4.90 Å². The molecule has 11 heteroatoms. The third kappa shape index (κ3) is 3.81. The lowest BCUT2D eigenvalue weighted by Crippen LogP contribution is -2.39. The molecular weight excluding hydrogens is 431 g/mol. The van der Waals surface area contributed by atoms with E-state index in [0.717, 1.165) is 16.2 Å². The van der Waals surface area contributed by atoms with Gasteiger partial charge in [0.15, 0.2) is 12.1 Å². The molecule has 1 fully saturated rings. The standard InChI is InChI=1S/C22H19FN6O4/c1-12(2)32-16-9-3-13(4-10-16)20-24-17(33-26-20)11-28-19-18(25-27-28)21(30)29(22(19)31)15-7-5-14(23)6-8-15/h3-10,12,18-19H,11H2,1-2H3/t18-,19-/m1/s1. The van der Waals surface area contributed by atoms with Crippen LogP contribution in [-0.2, 0) is 16.1 Å². The van der Waals surface area contributed by atoms with Gasteiger partial charge in [-0.1, -0.05) is 10.4 Å². The zero-order chi connectivity index (χ0) is 23.1. The minimum Gasteiger partial charge on any atom is -0.491 e. The van der Waals surface area contributed by atoms with Gasteiger partial charge in [-0.2, -0.15) is 10.1 Å². The summed E-state index contributed by atoms with van der Waals surface area (Å²) in [6.45, 7) is 3.89. The molecule has 0 N–H and O–H groups in total. The van der Waals surface area contributed by atoms with Crippen molar-refractivity contribution in [1.29, 1.82) is 0 Å². The molecule has 1 saturated heterocycles. The Hall–Kier alpha value is -4.15. The average molecular weight is 450 g/mol. The molecule has 3 aromatic rings. The molecule has 0 radical (unpaired) electrons. The van der Waals surface area contributed by atoms with Crippen molar-refractivity contribution in [1.82, 2.24) is 15.1 Å². The van der Waals surface area contributed by atoms with Gasteiger partial charge in [0.2, 0.25) is 11.7 Å². The van der Waals surface area contributed by atoms with Crippen LogP contribution >= 0.6 is 0 Å². The van der Waals surface area contributed by atoms with E-state index in [2.05, 4.69) is 20.5 Å². The highest BCUT2D eigenvalue weighted by molar-refractivity contribution is 6.25. The molecule has 1 aromatic heterocycles. The molecule has 5 rings (SSSR count). The van der Waals surface area contributed by atoms with Crippen LogP contribution in [0.4, 0.5) is 10.1 Å². The largest absolute Gasteiger partial charge is 0.491 e. The van der Waals surface area contributed by atoms with Gasteiger partial charge in [-0.3, -0.25) is 14.6 Å². The van der Waals surface area contributed by atoms with Crippen molar-refractivity contribution in [3.63, 3.8) is 0 Å². The maximum Gasteiger partial charge on any atom is 0.263 e. The first kappa shape index (κ1) is 20.7. The van der Waals surface area contributed by atoms with Gasteiger partial charge in [-0.25, -0.2) is 9.29 Å². The predicted octanol–water partition coefficient (Wildman–Crippen LogP) is 3.16. The van der Waals surface area contributed by atoms with Crippen LogP contribution in [0.5, 0.6) is 5.75 Å². The van der Waals surface area contributed by atoms with E-state index in [1.165, 1.54) is 29.3 Å². The fourth-order valence-electron chi connectivity index (χ4n) is 3.73. The zero-order valence-electron chi connectivity index (χ0n) is 17.8. The maximum atomic E-state index is 13.2. The van der Waals surface area contributed by atoms with E-state index in [4.69, 9.17) is 9.26 Å². The van der Waals surface area contributed by atoms with Crippen LogP contribution < -0.4 is 9.64 Å². The second-order valence-electron chi connectivity index (χ2n) is 7.88. The van der Waals surface area contributed by atoms with Gasteiger partial charge < -0.3 is 9.26 Å². The molecule has 2 aliphatic heterocycles. The smallest absolute Gasteiger partial charge is 0.263 e. The van der Waals surface area contributed by atoms with E-state index in [-0.39, 0.29) is 24.2 Å². The number of aromatic nitrogens is 2. The van der Waals surface area contributed by atoms with E-state index in [1.54, 1.807) is 0 Å². The van der Waals surface area contributed by atoms with Crippen LogP contribution in [-0.4, -0.2) is 45.2 Å².